The minimum absolute atomic E-state index is 0.0780. The Morgan fingerprint density at radius 1 is 0.826 bits per heavy atom. The molecule has 2 N–H and O–H groups in total. The molecule has 3 heteroatoms. The first kappa shape index (κ1) is 22.2. The Kier molecular flexibility index (Phi) is 16.9. The molecule has 0 radical (unpaired) electrons. The molecule has 0 aromatic carbocycles. The second kappa shape index (κ2) is 17.5. The van der Waals surface area contributed by atoms with Gasteiger partial charge in [-0.05, 0) is 25.7 Å². The molecule has 0 fully saturated rings. The summed E-state index contributed by atoms with van der Waals surface area (Å²) in [7, 11) is 0. The molecule has 1 atom stereocenters. The Balaban J connectivity index is 3.16. The third kappa shape index (κ3) is 19.1. The fraction of sp³-hybridized carbons (Fsp3) is 0.850. The SMILES string of the molecule is CCCCCCC(O)CCCCCCCCCC/C=C/C(=O)O. The third-order valence-corrected chi connectivity index (χ3v) is 4.31. The second-order valence-corrected chi connectivity index (χ2v) is 6.65. The number of carboxylic acids is 1. The molecular weight excluding hydrogens is 288 g/mol. The van der Waals surface area contributed by atoms with Gasteiger partial charge in [0.25, 0.3) is 0 Å². The lowest BCUT2D eigenvalue weighted by Crippen LogP contribution is -2.05. The van der Waals surface area contributed by atoms with Gasteiger partial charge in [-0.2, -0.15) is 0 Å². The van der Waals surface area contributed by atoms with Gasteiger partial charge in [0.2, 0.25) is 0 Å². The summed E-state index contributed by atoms with van der Waals surface area (Å²) in [6.45, 7) is 2.22. The van der Waals surface area contributed by atoms with Gasteiger partial charge in [-0.3, -0.25) is 0 Å². The monoisotopic (exact) mass is 326 g/mol. The van der Waals surface area contributed by atoms with Crippen LogP contribution in [0.3, 0.4) is 0 Å². The molecule has 0 bridgehead atoms. The van der Waals surface area contributed by atoms with Crippen molar-refractivity contribution in [1.82, 2.24) is 0 Å². The van der Waals surface area contributed by atoms with E-state index in [1.165, 1.54) is 70.3 Å². The number of aliphatic hydroxyl groups is 1. The molecule has 0 amide bonds. The molecule has 0 saturated carbocycles. The van der Waals surface area contributed by atoms with Crippen molar-refractivity contribution in [2.24, 2.45) is 0 Å². The smallest absolute Gasteiger partial charge is 0.327 e. The normalized spacial score (nSPS) is 12.8. The molecule has 136 valence electrons. The van der Waals surface area contributed by atoms with Gasteiger partial charge < -0.3 is 10.2 Å². The zero-order chi connectivity index (χ0) is 17.2. The second-order valence-electron chi connectivity index (χ2n) is 6.65. The largest absolute Gasteiger partial charge is 0.478 e. The summed E-state index contributed by atoms with van der Waals surface area (Å²) in [5, 5.41) is 18.3. The van der Waals surface area contributed by atoms with Crippen molar-refractivity contribution < 1.29 is 15.0 Å². The van der Waals surface area contributed by atoms with E-state index < -0.39 is 5.97 Å². The maximum atomic E-state index is 10.3. The molecule has 0 spiro atoms. The number of unbranched alkanes of at least 4 members (excludes halogenated alkanes) is 11. The Hall–Kier alpha value is -0.830. The van der Waals surface area contributed by atoms with Crippen LogP contribution in [-0.4, -0.2) is 22.3 Å². The van der Waals surface area contributed by atoms with Crippen LogP contribution in [0.15, 0.2) is 12.2 Å². The number of carboxylic acid groups (broad SMARTS) is 1. The van der Waals surface area contributed by atoms with Crippen molar-refractivity contribution in [2.75, 3.05) is 0 Å². The minimum atomic E-state index is -0.851. The molecule has 0 aliphatic heterocycles. The van der Waals surface area contributed by atoms with Gasteiger partial charge in [0.1, 0.15) is 0 Å². The van der Waals surface area contributed by atoms with Gasteiger partial charge in [0, 0.05) is 6.08 Å². The van der Waals surface area contributed by atoms with Gasteiger partial charge in [0.15, 0.2) is 0 Å². The molecular formula is C20H38O3. The van der Waals surface area contributed by atoms with Gasteiger partial charge >= 0.3 is 5.97 Å². The van der Waals surface area contributed by atoms with Gasteiger partial charge in [-0.1, -0.05) is 83.6 Å². The summed E-state index contributed by atoms with van der Waals surface area (Å²) in [6, 6.07) is 0. The third-order valence-electron chi connectivity index (χ3n) is 4.31. The Morgan fingerprint density at radius 2 is 1.30 bits per heavy atom. The summed E-state index contributed by atoms with van der Waals surface area (Å²) in [4.78, 5) is 10.3. The average molecular weight is 327 g/mol. The highest BCUT2D eigenvalue weighted by molar-refractivity contribution is 5.79. The molecule has 23 heavy (non-hydrogen) atoms. The fourth-order valence-corrected chi connectivity index (χ4v) is 2.84. The van der Waals surface area contributed by atoms with E-state index in [-0.39, 0.29) is 6.10 Å². The molecule has 0 aromatic rings. The zero-order valence-corrected chi connectivity index (χ0v) is 15.1. The number of rotatable bonds is 17. The van der Waals surface area contributed by atoms with Crippen LogP contribution >= 0.6 is 0 Å². The van der Waals surface area contributed by atoms with Crippen LogP contribution < -0.4 is 0 Å². The van der Waals surface area contributed by atoms with E-state index in [4.69, 9.17) is 5.11 Å². The number of carbonyl (C=O) groups is 1. The Morgan fingerprint density at radius 3 is 1.83 bits per heavy atom. The lowest BCUT2D eigenvalue weighted by Gasteiger charge is -2.10. The first-order chi connectivity index (χ1) is 11.2. The van der Waals surface area contributed by atoms with Crippen LogP contribution in [0.2, 0.25) is 0 Å². The van der Waals surface area contributed by atoms with Crippen LogP contribution in [0, 0.1) is 0 Å². The van der Waals surface area contributed by atoms with Crippen LogP contribution in [0.5, 0.6) is 0 Å². The topological polar surface area (TPSA) is 57.5 Å². The quantitative estimate of drug-likeness (QED) is 0.260. The Labute approximate surface area is 143 Å². The highest BCUT2D eigenvalue weighted by Gasteiger charge is 2.03. The summed E-state index contributed by atoms with van der Waals surface area (Å²) >= 11 is 0. The number of allylic oxidation sites excluding steroid dienone is 1. The number of hydrogen-bond acceptors (Lipinski definition) is 2. The van der Waals surface area contributed by atoms with Crippen LogP contribution in [-0.2, 0) is 4.79 Å². The minimum Gasteiger partial charge on any atom is -0.478 e. The zero-order valence-electron chi connectivity index (χ0n) is 15.1. The molecule has 0 rings (SSSR count). The molecule has 0 heterocycles. The lowest BCUT2D eigenvalue weighted by atomic mass is 10.0. The van der Waals surface area contributed by atoms with E-state index in [9.17, 15) is 9.90 Å². The van der Waals surface area contributed by atoms with Crippen LogP contribution in [0.1, 0.15) is 103 Å². The maximum absolute atomic E-state index is 10.3. The van der Waals surface area contributed by atoms with Crippen molar-refractivity contribution in [3.05, 3.63) is 12.2 Å². The van der Waals surface area contributed by atoms with E-state index in [1.807, 2.05) is 0 Å². The highest BCUT2D eigenvalue weighted by Crippen LogP contribution is 2.14. The predicted molar refractivity (Wildman–Crippen MR) is 97.7 cm³/mol. The standard InChI is InChI=1S/C20H38O3/c1-2-3-4-13-16-19(21)17-14-11-9-7-5-6-8-10-12-15-18-20(22)23/h15,18-19,21H,2-14,16-17H2,1H3,(H,22,23)/b18-15+. The van der Waals surface area contributed by atoms with E-state index >= 15 is 0 Å². The van der Waals surface area contributed by atoms with E-state index in [0.717, 1.165) is 32.1 Å². The molecule has 0 saturated heterocycles. The predicted octanol–water partition coefficient (Wildman–Crippen LogP) is 5.86. The average Bonchev–Trinajstić information content (AvgIpc) is 2.52. The summed E-state index contributed by atoms with van der Waals surface area (Å²) in [6.07, 6.45) is 20.5. The van der Waals surface area contributed by atoms with E-state index in [2.05, 4.69) is 6.92 Å². The molecule has 0 aliphatic carbocycles. The molecule has 0 aliphatic rings. The number of aliphatic hydroxyl groups excluding tert-OH is 1. The number of aliphatic carboxylic acids is 1. The first-order valence-corrected chi connectivity index (χ1v) is 9.74. The summed E-state index contributed by atoms with van der Waals surface area (Å²) in [5.41, 5.74) is 0. The van der Waals surface area contributed by atoms with Gasteiger partial charge in [0.05, 0.1) is 6.10 Å². The van der Waals surface area contributed by atoms with E-state index in [1.54, 1.807) is 6.08 Å². The molecule has 3 nitrogen and oxygen atoms in total. The van der Waals surface area contributed by atoms with Crippen molar-refractivity contribution in [3.63, 3.8) is 0 Å². The van der Waals surface area contributed by atoms with Gasteiger partial charge in [-0.15, -0.1) is 0 Å². The first-order valence-electron chi connectivity index (χ1n) is 9.74. The summed E-state index contributed by atoms with van der Waals surface area (Å²) in [5.74, 6) is -0.851. The van der Waals surface area contributed by atoms with Gasteiger partial charge in [-0.25, -0.2) is 4.79 Å². The summed E-state index contributed by atoms with van der Waals surface area (Å²) < 4.78 is 0. The van der Waals surface area contributed by atoms with Crippen molar-refractivity contribution in [1.29, 1.82) is 0 Å². The van der Waals surface area contributed by atoms with Crippen LogP contribution in [0.4, 0.5) is 0 Å². The number of hydrogen-bond donors (Lipinski definition) is 2. The highest BCUT2D eigenvalue weighted by atomic mass is 16.4. The molecule has 0 aromatic heterocycles. The van der Waals surface area contributed by atoms with E-state index in [0.29, 0.717) is 0 Å². The van der Waals surface area contributed by atoms with Crippen molar-refractivity contribution in [3.8, 4) is 0 Å². The van der Waals surface area contributed by atoms with Crippen molar-refractivity contribution in [2.45, 2.75) is 109 Å². The Bertz CT molecular complexity index is 287. The molecule has 1 unspecified atom stereocenters. The van der Waals surface area contributed by atoms with Crippen LogP contribution in [0.25, 0.3) is 0 Å². The lowest BCUT2D eigenvalue weighted by molar-refractivity contribution is -0.131. The fourth-order valence-electron chi connectivity index (χ4n) is 2.84. The maximum Gasteiger partial charge on any atom is 0.327 e. The van der Waals surface area contributed by atoms with Crippen molar-refractivity contribution >= 4 is 5.97 Å².